The van der Waals surface area contributed by atoms with E-state index in [1.54, 1.807) is 42.5 Å². The first-order valence-electron chi connectivity index (χ1n) is 8.51. The zero-order valence-electron chi connectivity index (χ0n) is 15.9. The lowest BCUT2D eigenvalue weighted by Gasteiger charge is -2.22. The second kappa shape index (κ2) is 9.47. The molecule has 0 fully saturated rings. The van der Waals surface area contributed by atoms with Crippen molar-refractivity contribution in [2.75, 3.05) is 37.6 Å². The van der Waals surface area contributed by atoms with E-state index in [1.807, 2.05) is 6.92 Å². The highest BCUT2D eigenvalue weighted by Crippen LogP contribution is 2.31. The van der Waals surface area contributed by atoms with Crippen molar-refractivity contribution in [1.29, 1.82) is 0 Å². The molecule has 7 heteroatoms. The number of nitrogens with one attached hydrogen (secondary N) is 1. The highest BCUT2D eigenvalue weighted by Gasteiger charge is 2.18. The van der Waals surface area contributed by atoms with Gasteiger partial charge in [0.1, 0.15) is 12.3 Å². The summed E-state index contributed by atoms with van der Waals surface area (Å²) in [5.41, 5.74) is 1.17. The molecule has 2 aromatic rings. The molecule has 2 rings (SSSR count). The molecule has 1 N–H and O–H groups in total. The van der Waals surface area contributed by atoms with Crippen LogP contribution in [0.2, 0.25) is 0 Å². The summed E-state index contributed by atoms with van der Waals surface area (Å²) < 4.78 is 15.8. The maximum absolute atomic E-state index is 12.4. The van der Waals surface area contributed by atoms with Crippen LogP contribution >= 0.6 is 0 Å². The molecule has 0 saturated carbocycles. The number of hydrogen-bond donors (Lipinski definition) is 1. The van der Waals surface area contributed by atoms with E-state index in [-0.39, 0.29) is 18.4 Å². The van der Waals surface area contributed by atoms with Gasteiger partial charge in [-0.1, -0.05) is 0 Å². The van der Waals surface area contributed by atoms with Gasteiger partial charge in [-0.2, -0.15) is 0 Å². The van der Waals surface area contributed by atoms with Gasteiger partial charge in [0, 0.05) is 24.4 Å². The summed E-state index contributed by atoms with van der Waals surface area (Å²) in [6, 6.07) is 12.1. The van der Waals surface area contributed by atoms with E-state index >= 15 is 0 Å². The Kier molecular flexibility index (Phi) is 7.05. The zero-order chi connectivity index (χ0) is 19.8. The maximum atomic E-state index is 12.4. The molecule has 7 nitrogen and oxygen atoms in total. The van der Waals surface area contributed by atoms with Gasteiger partial charge in [-0.15, -0.1) is 0 Å². The molecule has 0 saturated heterocycles. The molecule has 0 spiro atoms. The normalized spacial score (nSPS) is 10.1. The van der Waals surface area contributed by atoms with E-state index in [0.717, 1.165) is 5.75 Å². The van der Waals surface area contributed by atoms with Crippen LogP contribution in [-0.4, -0.2) is 39.2 Å². The number of benzene rings is 2. The van der Waals surface area contributed by atoms with Crippen molar-refractivity contribution in [2.24, 2.45) is 0 Å². The molecule has 0 atom stereocenters. The largest absolute Gasteiger partial charge is 0.494 e. The van der Waals surface area contributed by atoms with Crippen LogP contribution in [0.15, 0.2) is 42.5 Å². The maximum Gasteiger partial charge on any atom is 0.244 e. The molecule has 27 heavy (non-hydrogen) atoms. The van der Waals surface area contributed by atoms with E-state index in [1.165, 1.54) is 26.0 Å². The smallest absolute Gasteiger partial charge is 0.244 e. The van der Waals surface area contributed by atoms with Crippen molar-refractivity contribution >= 4 is 23.2 Å². The highest BCUT2D eigenvalue weighted by atomic mass is 16.5. The first-order chi connectivity index (χ1) is 13.0. The van der Waals surface area contributed by atoms with Crippen molar-refractivity contribution in [2.45, 2.75) is 13.8 Å². The molecule has 144 valence electrons. The number of carbonyl (C=O) groups is 2. The Labute approximate surface area is 158 Å². The standard InChI is InChI=1S/C20H24N2O5/c1-5-27-17-9-6-15(7-10-17)21-20(24)13-22(14(2)23)16-8-11-18(25-3)19(12-16)26-4/h6-12H,5,13H2,1-4H3,(H,21,24). The van der Waals surface area contributed by atoms with Gasteiger partial charge in [0.2, 0.25) is 11.8 Å². The fourth-order valence-corrected chi connectivity index (χ4v) is 2.52. The monoisotopic (exact) mass is 372 g/mol. The minimum atomic E-state index is -0.316. The minimum absolute atomic E-state index is 0.127. The van der Waals surface area contributed by atoms with E-state index in [4.69, 9.17) is 14.2 Å². The first-order valence-corrected chi connectivity index (χ1v) is 8.51. The van der Waals surface area contributed by atoms with Crippen LogP contribution in [0.25, 0.3) is 0 Å². The number of anilines is 2. The topological polar surface area (TPSA) is 77.1 Å². The lowest BCUT2D eigenvalue weighted by molar-refractivity contribution is -0.120. The van der Waals surface area contributed by atoms with Gasteiger partial charge in [0.15, 0.2) is 11.5 Å². The van der Waals surface area contributed by atoms with Crippen molar-refractivity contribution in [3.8, 4) is 17.2 Å². The summed E-state index contributed by atoms with van der Waals surface area (Å²) in [5.74, 6) is 1.18. The Balaban J connectivity index is 2.11. The Morgan fingerprint density at radius 2 is 1.67 bits per heavy atom. The molecule has 0 aliphatic carbocycles. The number of ether oxygens (including phenoxy) is 3. The second-order valence-corrected chi connectivity index (χ2v) is 5.65. The lowest BCUT2D eigenvalue weighted by Crippen LogP contribution is -2.36. The number of hydrogen-bond acceptors (Lipinski definition) is 5. The Morgan fingerprint density at radius 1 is 1.00 bits per heavy atom. The third kappa shape index (κ3) is 5.37. The summed E-state index contributed by atoms with van der Waals surface area (Å²) in [6.45, 7) is 3.75. The number of amides is 2. The van der Waals surface area contributed by atoms with E-state index < -0.39 is 0 Å². The van der Waals surface area contributed by atoms with Gasteiger partial charge < -0.3 is 24.4 Å². The molecule has 0 aliphatic rings. The predicted molar refractivity (Wildman–Crippen MR) is 104 cm³/mol. The Hall–Kier alpha value is -3.22. The third-order valence-corrected chi connectivity index (χ3v) is 3.81. The van der Waals surface area contributed by atoms with Gasteiger partial charge in [0.05, 0.1) is 20.8 Å². The van der Waals surface area contributed by atoms with Crippen LogP contribution in [0, 0.1) is 0 Å². The van der Waals surface area contributed by atoms with Crippen molar-refractivity contribution in [3.63, 3.8) is 0 Å². The van der Waals surface area contributed by atoms with Crippen molar-refractivity contribution < 1.29 is 23.8 Å². The summed E-state index contributed by atoms with van der Waals surface area (Å²) in [5, 5.41) is 2.77. The van der Waals surface area contributed by atoms with Crippen molar-refractivity contribution in [1.82, 2.24) is 0 Å². The van der Waals surface area contributed by atoms with Crippen LogP contribution in [0.1, 0.15) is 13.8 Å². The number of rotatable bonds is 8. The molecule has 0 aliphatic heterocycles. The van der Waals surface area contributed by atoms with Crippen LogP contribution in [0.5, 0.6) is 17.2 Å². The molecular formula is C20H24N2O5. The van der Waals surface area contributed by atoms with Gasteiger partial charge in [-0.05, 0) is 43.3 Å². The third-order valence-electron chi connectivity index (χ3n) is 3.81. The van der Waals surface area contributed by atoms with Crippen LogP contribution in [0.4, 0.5) is 11.4 Å². The minimum Gasteiger partial charge on any atom is -0.494 e. The summed E-state index contributed by atoms with van der Waals surface area (Å²) in [7, 11) is 3.04. The van der Waals surface area contributed by atoms with Crippen LogP contribution in [0.3, 0.4) is 0 Å². The van der Waals surface area contributed by atoms with Crippen LogP contribution < -0.4 is 24.4 Å². The van der Waals surface area contributed by atoms with E-state index in [0.29, 0.717) is 29.5 Å². The SMILES string of the molecule is CCOc1ccc(NC(=O)CN(C(C)=O)c2ccc(OC)c(OC)c2)cc1. The molecule has 0 unspecified atom stereocenters. The molecule has 0 aromatic heterocycles. The van der Waals surface area contributed by atoms with E-state index in [2.05, 4.69) is 5.32 Å². The summed E-state index contributed by atoms with van der Waals surface area (Å²) in [4.78, 5) is 25.8. The van der Waals surface area contributed by atoms with Crippen LogP contribution in [-0.2, 0) is 9.59 Å². The Morgan fingerprint density at radius 3 is 2.22 bits per heavy atom. The number of carbonyl (C=O) groups excluding carboxylic acids is 2. The lowest BCUT2D eigenvalue weighted by atomic mass is 10.2. The predicted octanol–water partition coefficient (Wildman–Crippen LogP) is 3.09. The fraction of sp³-hybridized carbons (Fsp3) is 0.300. The first kappa shape index (κ1) is 20.1. The summed E-state index contributed by atoms with van der Waals surface area (Å²) >= 11 is 0. The highest BCUT2D eigenvalue weighted by molar-refractivity contribution is 6.02. The molecule has 0 bridgehead atoms. The van der Waals surface area contributed by atoms with Gasteiger partial charge in [0.25, 0.3) is 0 Å². The number of nitrogens with zero attached hydrogens (tertiary/aromatic N) is 1. The average Bonchev–Trinajstić information content (AvgIpc) is 2.67. The van der Waals surface area contributed by atoms with Gasteiger partial charge >= 0.3 is 0 Å². The fourth-order valence-electron chi connectivity index (χ4n) is 2.52. The van der Waals surface area contributed by atoms with E-state index in [9.17, 15) is 9.59 Å². The molecule has 0 radical (unpaired) electrons. The second-order valence-electron chi connectivity index (χ2n) is 5.65. The average molecular weight is 372 g/mol. The quantitative estimate of drug-likeness (QED) is 0.770. The van der Waals surface area contributed by atoms with Gasteiger partial charge in [-0.3, -0.25) is 9.59 Å². The molecule has 0 heterocycles. The Bertz CT molecular complexity index is 789. The van der Waals surface area contributed by atoms with Gasteiger partial charge in [-0.25, -0.2) is 0 Å². The number of methoxy groups -OCH3 is 2. The molecule has 2 aromatic carbocycles. The molecule has 2 amide bonds. The molecular weight excluding hydrogens is 348 g/mol. The summed E-state index contributed by atoms with van der Waals surface area (Å²) in [6.07, 6.45) is 0. The van der Waals surface area contributed by atoms with Crippen molar-refractivity contribution in [3.05, 3.63) is 42.5 Å². The zero-order valence-corrected chi connectivity index (χ0v) is 15.9.